The smallest absolute Gasteiger partial charge is 0.0383 e. The quantitative estimate of drug-likeness (QED) is 0.252. The third-order valence-electron chi connectivity index (χ3n) is 5.60. The van der Waals surface area contributed by atoms with Crippen LogP contribution in [0.2, 0.25) is 0 Å². The molecule has 132 valence electrons. The molecule has 0 radical (unpaired) electrons. The highest BCUT2D eigenvalue weighted by molar-refractivity contribution is 4.85. The molecule has 0 heterocycles. The van der Waals surface area contributed by atoms with Crippen LogP contribution < -0.4 is 0 Å². The Morgan fingerprint density at radius 2 is 1.09 bits per heavy atom. The highest BCUT2D eigenvalue weighted by Gasteiger charge is 2.34. The molecule has 0 saturated heterocycles. The summed E-state index contributed by atoms with van der Waals surface area (Å²) >= 11 is 0. The molecule has 1 fully saturated rings. The van der Waals surface area contributed by atoms with Crippen molar-refractivity contribution in [2.24, 2.45) is 17.8 Å². The molecule has 0 heteroatoms. The third-order valence-corrected chi connectivity index (χ3v) is 5.60. The second-order valence-corrected chi connectivity index (χ2v) is 8.40. The summed E-state index contributed by atoms with van der Waals surface area (Å²) in [4.78, 5) is 0. The van der Waals surface area contributed by atoms with Gasteiger partial charge in [-0.05, 0) is 24.2 Å². The van der Waals surface area contributed by atoms with Crippen LogP contribution in [0.4, 0.5) is 0 Å². The number of hydrogen-bond donors (Lipinski definition) is 0. The van der Waals surface area contributed by atoms with Gasteiger partial charge in [0.25, 0.3) is 0 Å². The van der Waals surface area contributed by atoms with E-state index in [1.54, 1.807) is 12.8 Å². The van der Waals surface area contributed by atoms with E-state index in [2.05, 4.69) is 20.8 Å². The van der Waals surface area contributed by atoms with E-state index in [9.17, 15) is 0 Å². The molecular weight excluding hydrogens is 264 g/mol. The lowest BCUT2D eigenvalue weighted by atomic mass is 10.0. The Balaban J connectivity index is 1.69. The van der Waals surface area contributed by atoms with Crippen molar-refractivity contribution in [2.75, 3.05) is 0 Å². The zero-order chi connectivity index (χ0) is 16.0. The largest absolute Gasteiger partial charge is 0.0654 e. The number of hydrogen-bond acceptors (Lipinski definition) is 0. The predicted molar refractivity (Wildman–Crippen MR) is 101 cm³/mol. The Labute approximate surface area is 141 Å². The van der Waals surface area contributed by atoms with Crippen LogP contribution in [0.3, 0.4) is 0 Å². The summed E-state index contributed by atoms with van der Waals surface area (Å²) in [7, 11) is 0. The first-order valence-corrected chi connectivity index (χ1v) is 10.7. The fraction of sp³-hybridized carbons (Fsp3) is 1.00. The topological polar surface area (TPSA) is 0 Å². The van der Waals surface area contributed by atoms with Gasteiger partial charge in [0.05, 0.1) is 0 Å². The van der Waals surface area contributed by atoms with Crippen LogP contribution in [-0.4, -0.2) is 0 Å². The van der Waals surface area contributed by atoms with Crippen molar-refractivity contribution in [3.8, 4) is 0 Å². The van der Waals surface area contributed by atoms with Crippen molar-refractivity contribution in [1.29, 1.82) is 0 Å². The molecule has 0 nitrogen and oxygen atoms in total. The lowest BCUT2D eigenvalue weighted by molar-refractivity contribution is 0.499. The molecule has 0 spiro atoms. The molecule has 1 rings (SSSR count). The first-order chi connectivity index (χ1) is 10.7. The summed E-state index contributed by atoms with van der Waals surface area (Å²) in [5.41, 5.74) is 0. The van der Waals surface area contributed by atoms with Crippen LogP contribution in [0.15, 0.2) is 0 Å². The van der Waals surface area contributed by atoms with Gasteiger partial charge in [-0.15, -0.1) is 0 Å². The van der Waals surface area contributed by atoms with E-state index in [-0.39, 0.29) is 0 Å². The van der Waals surface area contributed by atoms with E-state index >= 15 is 0 Å². The first kappa shape index (κ1) is 20.0. The highest BCUT2D eigenvalue weighted by Crippen LogP contribution is 2.45. The first-order valence-electron chi connectivity index (χ1n) is 10.7. The van der Waals surface area contributed by atoms with Crippen LogP contribution in [0.1, 0.15) is 124 Å². The highest BCUT2D eigenvalue weighted by atomic mass is 14.4. The van der Waals surface area contributed by atoms with Crippen molar-refractivity contribution in [3.63, 3.8) is 0 Å². The summed E-state index contributed by atoms with van der Waals surface area (Å²) in [6.07, 6.45) is 23.8. The molecule has 22 heavy (non-hydrogen) atoms. The molecule has 0 bridgehead atoms. The molecule has 0 amide bonds. The van der Waals surface area contributed by atoms with Crippen molar-refractivity contribution in [1.82, 2.24) is 0 Å². The summed E-state index contributed by atoms with van der Waals surface area (Å²) in [6.45, 7) is 7.01. The van der Waals surface area contributed by atoms with Gasteiger partial charge in [0.2, 0.25) is 0 Å². The minimum Gasteiger partial charge on any atom is -0.0654 e. The van der Waals surface area contributed by atoms with E-state index in [1.165, 1.54) is 89.9 Å². The molecule has 1 aliphatic rings. The average Bonchev–Trinajstić information content (AvgIpc) is 3.24. The molecular formula is C22H44. The Morgan fingerprint density at radius 3 is 1.59 bits per heavy atom. The fourth-order valence-corrected chi connectivity index (χ4v) is 3.86. The maximum atomic E-state index is 2.34. The second-order valence-electron chi connectivity index (χ2n) is 8.40. The molecule has 0 aromatic carbocycles. The molecule has 0 N–H and O–H groups in total. The maximum Gasteiger partial charge on any atom is -0.0383 e. The minimum absolute atomic E-state index is 0.901. The van der Waals surface area contributed by atoms with E-state index in [4.69, 9.17) is 0 Å². The lowest BCUT2D eigenvalue weighted by Crippen LogP contribution is -1.87. The van der Waals surface area contributed by atoms with Gasteiger partial charge in [-0.1, -0.05) is 117 Å². The van der Waals surface area contributed by atoms with E-state index < -0.39 is 0 Å². The van der Waals surface area contributed by atoms with Crippen LogP contribution >= 0.6 is 0 Å². The van der Waals surface area contributed by atoms with E-state index in [0.29, 0.717) is 0 Å². The van der Waals surface area contributed by atoms with Crippen LogP contribution in [0.25, 0.3) is 0 Å². The van der Waals surface area contributed by atoms with Crippen LogP contribution in [0.5, 0.6) is 0 Å². The van der Waals surface area contributed by atoms with E-state index in [1.807, 2.05) is 0 Å². The van der Waals surface area contributed by atoms with Crippen LogP contribution in [-0.2, 0) is 0 Å². The molecule has 0 aliphatic heterocycles. The zero-order valence-electron chi connectivity index (χ0n) is 16.0. The lowest BCUT2D eigenvalue weighted by Gasteiger charge is -2.05. The molecule has 0 aromatic heterocycles. The average molecular weight is 309 g/mol. The monoisotopic (exact) mass is 308 g/mol. The fourth-order valence-electron chi connectivity index (χ4n) is 3.86. The van der Waals surface area contributed by atoms with Crippen molar-refractivity contribution >= 4 is 0 Å². The third kappa shape index (κ3) is 11.6. The van der Waals surface area contributed by atoms with Crippen molar-refractivity contribution in [3.05, 3.63) is 0 Å². The van der Waals surface area contributed by atoms with Gasteiger partial charge < -0.3 is 0 Å². The Kier molecular flexibility index (Phi) is 12.2. The Morgan fingerprint density at radius 1 is 0.636 bits per heavy atom. The van der Waals surface area contributed by atoms with Gasteiger partial charge >= 0.3 is 0 Å². The van der Waals surface area contributed by atoms with Gasteiger partial charge in [0.1, 0.15) is 0 Å². The van der Waals surface area contributed by atoms with Gasteiger partial charge in [-0.2, -0.15) is 0 Å². The minimum atomic E-state index is 0.901. The van der Waals surface area contributed by atoms with Crippen molar-refractivity contribution in [2.45, 2.75) is 124 Å². The standard InChI is InChI=1S/C22H44/c1-4-5-17-21-19-22(21)18-15-13-11-9-7-6-8-10-12-14-16-20(2)3/h20-22H,4-19H2,1-3H3. The Hall–Kier alpha value is 0. The van der Waals surface area contributed by atoms with Crippen LogP contribution in [0, 0.1) is 17.8 Å². The predicted octanol–water partition coefficient (Wildman–Crippen LogP) is 8.15. The summed E-state index contributed by atoms with van der Waals surface area (Å²) in [5.74, 6) is 3.17. The SMILES string of the molecule is CCCCC1CC1CCCCCCCCCCCCC(C)C. The zero-order valence-corrected chi connectivity index (χ0v) is 16.0. The summed E-state index contributed by atoms with van der Waals surface area (Å²) in [5, 5.41) is 0. The normalized spacial score (nSPS) is 20.7. The van der Waals surface area contributed by atoms with Gasteiger partial charge in [-0.25, -0.2) is 0 Å². The molecule has 2 atom stereocenters. The molecule has 0 aromatic rings. The van der Waals surface area contributed by atoms with Gasteiger partial charge in [0.15, 0.2) is 0 Å². The summed E-state index contributed by atoms with van der Waals surface area (Å²) < 4.78 is 0. The molecule has 2 unspecified atom stereocenters. The number of rotatable bonds is 16. The van der Waals surface area contributed by atoms with Gasteiger partial charge in [0, 0.05) is 0 Å². The summed E-state index contributed by atoms with van der Waals surface area (Å²) in [6, 6.07) is 0. The number of unbranched alkanes of at least 4 members (excludes halogenated alkanes) is 10. The molecule has 1 aliphatic carbocycles. The Bertz CT molecular complexity index is 230. The molecule has 1 saturated carbocycles. The second kappa shape index (κ2) is 13.4. The maximum absolute atomic E-state index is 2.34. The van der Waals surface area contributed by atoms with Crippen molar-refractivity contribution < 1.29 is 0 Å². The van der Waals surface area contributed by atoms with E-state index in [0.717, 1.165) is 17.8 Å². The van der Waals surface area contributed by atoms with Gasteiger partial charge in [-0.3, -0.25) is 0 Å².